The fourth-order valence-electron chi connectivity index (χ4n) is 1.59. The highest BCUT2D eigenvalue weighted by molar-refractivity contribution is 6.05. The molecule has 0 saturated heterocycles. The number of non-ortho nitro benzene ring substituents is 1. The molecule has 19 heavy (non-hydrogen) atoms. The minimum absolute atomic E-state index is 0.0572. The standard InChI is InChI=1S/C12H12N2O5/c1-12(2,3)18-11(15)10-9-7(14(16)17)5-4-6-8(9)19-13-10/h4-6H,1-3H3. The SMILES string of the molecule is CC(C)(C)OC(=O)c1noc2cccc([N+](=O)[O-])c12. The molecule has 0 spiro atoms. The maximum atomic E-state index is 11.9. The third-order valence-electron chi connectivity index (χ3n) is 2.27. The number of benzene rings is 1. The van der Waals surface area contributed by atoms with Crippen LogP contribution in [0.3, 0.4) is 0 Å². The lowest BCUT2D eigenvalue weighted by atomic mass is 10.1. The van der Waals surface area contributed by atoms with Crippen molar-refractivity contribution in [2.75, 3.05) is 0 Å². The van der Waals surface area contributed by atoms with Crippen molar-refractivity contribution in [3.63, 3.8) is 0 Å². The molecule has 1 aromatic carbocycles. The predicted octanol–water partition coefficient (Wildman–Crippen LogP) is 2.69. The summed E-state index contributed by atoms with van der Waals surface area (Å²) in [5.74, 6) is -0.749. The number of nitro groups is 1. The lowest BCUT2D eigenvalue weighted by Gasteiger charge is -2.18. The molecule has 0 fully saturated rings. The normalized spacial score (nSPS) is 11.5. The van der Waals surface area contributed by atoms with Crippen LogP contribution in [0.4, 0.5) is 5.69 Å². The summed E-state index contributed by atoms with van der Waals surface area (Å²) in [5, 5.41) is 14.6. The van der Waals surface area contributed by atoms with E-state index in [1.54, 1.807) is 20.8 Å². The second-order valence-electron chi connectivity index (χ2n) is 4.94. The summed E-state index contributed by atoms with van der Waals surface area (Å²) in [6.07, 6.45) is 0. The van der Waals surface area contributed by atoms with Crippen molar-refractivity contribution in [2.45, 2.75) is 26.4 Å². The lowest BCUT2D eigenvalue weighted by Crippen LogP contribution is -2.24. The average Bonchev–Trinajstić information content (AvgIpc) is 2.69. The number of esters is 1. The van der Waals surface area contributed by atoms with Gasteiger partial charge in [-0.3, -0.25) is 10.1 Å². The molecule has 0 N–H and O–H groups in total. The van der Waals surface area contributed by atoms with Gasteiger partial charge >= 0.3 is 5.97 Å². The zero-order valence-electron chi connectivity index (χ0n) is 10.7. The van der Waals surface area contributed by atoms with E-state index in [-0.39, 0.29) is 22.4 Å². The molecule has 1 heterocycles. The van der Waals surface area contributed by atoms with Crippen molar-refractivity contribution in [3.8, 4) is 0 Å². The summed E-state index contributed by atoms with van der Waals surface area (Å²) in [6, 6.07) is 4.25. The molecule has 2 aromatic rings. The highest BCUT2D eigenvalue weighted by atomic mass is 16.6. The monoisotopic (exact) mass is 264 g/mol. The molecule has 0 bridgehead atoms. The smallest absolute Gasteiger partial charge is 0.361 e. The Morgan fingerprint density at radius 3 is 2.68 bits per heavy atom. The predicted molar refractivity (Wildman–Crippen MR) is 65.8 cm³/mol. The van der Waals surface area contributed by atoms with Gasteiger partial charge in [0.05, 0.1) is 4.92 Å². The molecule has 0 aliphatic rings. The minimum atomic E-state index is -0.749. The molecule has 100 valence electrons. The van der Waals surface area contributed by atoms with Crippen molar-refractivity contribution in [3.05, 3.63) is 34.0 Å². The number of hydrogen-bond donors (Lipinski definition) is 0. The zero-order chi connectivity index (χ0) is 14.2. The highest BCUT2D eigenvalue weighted by Gasteiger charge is 2.28. The number of aromatic nitrogens is 1. The van der Waals surface area contributed by atoms with Gasteiger partial charge in [-0.15, -0.1) is 0 Å². The molecule has 0 saturated carbocycles. The van der Waals surface area contributed by atoms with Gasteiger partial charge in [0.1, 0.15) is 11.0 Å². The van der Waals surface area contributed by atoms with E-state index in [0.29, 0.717) is 0 Å². The molecule has 0 unspecified atom stereocenters. The van der Waals surface area contributed by atoms with Crippen LogP contribution in [0.2, 0.25) is 0 Å². The van der Waals surface area contributed by atoms with Crippen LogP contribution in [0.15, 0.2) is 22.7 Å². The first-order chi connectivity index (χ1) is 8.79. The molecule has 0 radical (unpaired) electrons. The Bertz CT molecular complexity index is 654. The molecule has 7 nitrogen and oxygen atoms in total. The minimum Gasteiger partial charge on any atom is -0.455 e. The van der Waals surface area contributed by atoms with E-state index in [2.05, 4.69) is 5.16 Å². The number of nitro benzene ring substituents is 1. The van der Waals surface area contributed by atoms with Crippen LogP contribution in [-0.4, -0.2) is 21.7 Å². The quantitative estimate of drug-likeness (QED) is 0.470. The average molecular weight is 264 g/mol. The number of carbonyl (C=O) groups is 1. The van der Waals surface area contributed by atoms with Crippen LogP contribution < -0.4 is 0 Å². The number of hydrogen-bond acceptors (Lipinski definition) is 6. The van der Waals surface area contributed by atoms with E-state index in [4.69, 9.17) is 9.26 Å². The van der Waals surface area contributed by atoms with Crippen LogP contribution in [0, 0.1) is 10.1 Å². The third kappa shape index (κ3) is 2.54. The van der Waals surface area contributed by atoms with Crippen molar-refractivity contribution < 1.29 is 19.0 Å². The molecule has 0 aliphatic carbocycles. The molecular weight excluding hydrogens is 252 g/mol. The second kappa shape index (κ2) is 4.34. The summed E-state index contributed by atoms with van der Waals surface area (Å²) in [6.45, 7) is 5.09. The van der Waals surface area contributed by atoms with Gasteiger partial charge in [0.2, 0.25) is 5.69 Å². The summed E-state index contributed by atoms with van der Waals surface area (Å²) in [5.41, 5.74) is -0.960. The Morgan fingerprint density at radius 1 is 1.42 bits per heavy atom. The Morgan fingerprint density at radius 2 is 2.11 bits per heavy atom. The Kier molecular flexibility index (Phi) is 2.97. The summed E-state index contributed by atoms with van der Waals surface area (Å²) < 4.78 is 10.1. The van der Waals surface area contributed by atoms with Gasteiger partial charge in [0, 0.05) is 6.07 Å². The van der Waals surface area contributed by atoms with Crippen molar-refractivity contribution >= 4 is 22.6 Å². The maximum absolute atomic E-state index is 11.9. The van der Waals surface area contributed by atoms with E-state index in [0.717, 1.165) is 0 Å². The summed E-state index contributed by atoms with van der Waals surface area (Å²) in [4.78, 5) is 22.3. The van der Waals surface area contributed by atoms with Crippen LogP contribution >= 0.6 is 0 Å². The van der Waals surface area contributed by atoms with E-state index in [1.165, 1.54) is 18.2 Å². The first-order valence-electron chi connectivity index (χ1n) is 5.56. The van der Waals surface area contributed by atoms with Crippen molar-refractivity contribution in [2.24, 2.45) is 0 Å². The molecule has 2 rings (SSSR count). The summed E-state index contributed by atoms with van der Waals surface area (Å²) >= 11 is 0. The van der Waals surface area contributed by atoms with Gasteiger partial charge in [-0.05, 0) is 26.8 Å². The molecule has 7 heteroatoms. The Balaban J connectivity index is 2.56. The number of carbonyl (C=O) groups excluding carboxylic acids is 1. The fraction of sp³-hybridized carbons (Fsp3) is 0.333. The molecular formula is C12H12N2O5. The van der Waals surface area contributed by atoms with Crippen molar-refractivity contribution in [1.82, 2.24) is 5.16 Å². The van der Waals surface area contributed by atoms with E-state index in [1.807, 2.05) is 0 Å². The fourth-order valence-corrected chi connectivity index (χ4v) is 1.59. The number of nitrogens with zero attached hydrogens (tertiary/aromatic N) is 2. The van der Waals surface area contributed by atoms with E-state index >= 15 is 0 Å². The van der Waals surface area contributed by atoms with E-state index < -0.39 is 16.5 Å². The zero-order valence-corrected chi connectivity index (χ0v) is 10.7. The molecule has 0 aliphatic heterocycles. The first kappa shape index (κ1) is 13.0. The van der Waals surface area contributed by atoms with Gasteiger partial charge in [0.25, 0.3) is 5.69 Å². The largest absolute Gasteiger partial charge is 0.455 e. The van der Waals surface area contributed by atoms with Crippen LogP contribution in [0.1, 0.15) is 31.3 Å². The topological polar surface area (TPSA) is 95.5 Å². The molecule has 0 amide bonds. The van der Waals surface area contributed by atoms with Crippen LogP contribution in [0.25, 0.3) is 11.0 Å². The van der Waals surface area contributed by atoms with Gasteiger partial charge in [-0.2, -0.15) is 0 Å². The Labute approximate surface area is 108 Å². The highest BCUT2D eigenvalue weighted by Crippen LogP contribution is 2.29. The second-order valence-corrected chi connectivity index (χ2v) is 4.94. The maximum Gasteiger partial charge on any atom is 0.361 e. The van der Waals surface area contributed by atoms with Gasteiger partial charge in [-0.25, -0.2) is 4.79 Å². The third-order valence-corrected chi connectivity index (χ3v) is 2.27. The molecule has 0 atom stereocenters. The van der Waals surface area contributed by atoms with Crippen LogP contribution in [-0.2, 0) is 4.74 Å². The van der Waals surface area contributed by atoms with Crippen LogP contribution in [0.5, 0.6) is 0 Å². The van der Waals surface area contributed by atoms with Gasteiger partial charge in [0.15, 0.2) is 5.58 Å². The van der Waals surface area contributed by atoms with E-state index in [9.17, 15) is 14.9 Å². The number of fused-ring (bicyclic) bond motifs is 1. The Hall–Kier alpha value is -2.44. The lowest BCUT2D eigenvalue weighted by molar-refractivity contribution is -0.383. The number of ether oxygens (including phenoxy) is 1. The summed E-state index contributed by atoms with van der Waals surface area (Å²) in [7, 11) is 0. The van der Waals surface area contributed by atoms with Crippen molar-refractivity contribution in [1.29, 1.82) is 0 Å². The first-order valence-corrected chi connectivity index (χ1v) is 5.56. The number of rotatable bonds is 2. The molecule has 1 aromatic heterocycles. The van der Waals surface area contributed by atoms with Gasteiger partial charge in [-0.1, -0.05) is 11.2 Å². The van der Waals surface area contributed by atoms with Gasteiger partial charge < -0.3 is 9.26 Å².